The van der Waals surface area contributed by atoms with Crippen LogP contribution in [0, 0.1) is 5.92 Å². The molecule has 0 radical (unpaired) electrons. The van der Waals surface area contributed by atoms with E-state index in [2.05, 4.69) is 36.5 Å². The first-order valence-corrected chi connectivity index (χ1v) is 6.04. The molecule has 0 spiro atoms. The Hall–Kier alpha value is -1.01. The molecule has 2 rings (SSSR count). The van der Waals surface area contributed by atoms with Crippen LogP contribution < -0.4 is 10.6 Å². The SMILES string of the molecule is O=C(Nc1cnc(Br)cn1)C1CCCNC1. The van der Waals surface area contributed by atoms with Crippen molar-refractivity contribution in [2.75, 3.05) is 18.4 Å². The number of aromatic nitrogens is 2. The number of amides is 1. The third kappa shape index (κ3) is 2.99. The van der Waals surface area contributed by atoms with E-state index in [1.807, 2.05) is 0 Å². The predicted molar refractivity (Wildman–Crippen MR) is 64.0 cm³/mol. The smallest absolute Gasteiger partial charge is 0.229 e. The van der Waals surface area contributed by atoms with Crippen LogP contribution in [0.15, 0.2) is 17.0 Å². The molecule has 1 atom stereocenters. The molecule has 1 aromatic heterocycles. The van der Waals surface area contributed by atoms with E-state index < -0.39 is 0 Å². The second-order valence-corrected chi connectivity index (χ2v) is 4.57. The van der Waals surface area contributed by atoms with Gasteiger partial charge in [-0.25, -0.2) is 9.97 Å². The second-order valence-electron chi connectivity index (χ2n) is 3.76. The molecule has 2 heterocycles. The summed E-state index contributed by atoms with van der Waals surface area (Å²) in [6.45, 7) is 1.75. The van der Waals surface area contributed by atoms with Gasteiger partial charge in [-0.1, -0.05) is 0 Å². The van der Waals surface area contributed by atoms with Gasteiger partial charge in [0.25, 0.3) is 0 Å². The molecule has 1 unspecified atom stereocenters. The molecule has 0 aromatic carbocycles. The van der Waals surface area contributed by atoms with E-state index >= 15 is 0 Å². The molecule has 1 saturated heterocycles. The predicted octanol–water partition coefficient (Wildman–Crippen LogP) is 1.18. The molecule has 86 valence electrons. The molecule has 0 aliphatic carbocycles. The maximum absolute atomic E-state index is 11.8. The fraction of sp³-hybridized carbons (Fsp3) is 0.500. The van der Waals surface area contributed by atoms with Crippen molar-refractivity contribution < 1.29 is 4.79 Å². The molecule has 2 N–H and O–H groups in total. The van der Waals surface area contributed by atoms with Crippen LogP contribution in [0.4, 0.5) is 5.82 Å². The Morgan fingerprint density at radius 2 is 2.38 bits per heavy atom. The van der Waals surface area contributed by atoms with Gasteiger partial charge in [0.05, 0.1) is 18.3 Å². The number of hydrogen-bond acceptors (Lipinski definition) is 4. The van der Waals surface area contributed by atoms with E-state index in [1.54, 1.807) is 6.20 Å². The fourth-order valence-electron chi connectivity index (χ4n) is 1.68. The number of rotatable bonds is 2. The molecule has 16 heavy (non-hydrogen) atoms. The van der Waals surface area contributed by atoms with Crippen molar-refractivity contribution in [3.8, 4) is 0 Å². The zero-order valence-electron chi connectivity index (χ0n) is 8.74. The highest BCUT2D eigenvalue weighted by atomic mass is 79.9. The van der Waals surface area contributed by atoms with Crippen molar-refractivity contribution in [3.63, 3.8) is 0 Å². The summed E-state index contributed by atoms with van der Waals surface area (Å²) in [6.07, 6.45) is 5.08. The average Bonchev–Trinajstić information content (AvgIpc) is 2.33. The van der Waals surface area contributed by atoms with Gasteiger partial charge in [0.2, 0.25) is 5.91 Å². The minimum atomic E-state index is 0.0174. The third-order valence-electron chi connectivity index (χ3n) is 2.54. The van der Waals surface area contributed by atoms with Crippen LogP contribution in [-0.4, -0.2) is 29.0 Å². The zero-order valence-corrected chi connectivity index (χ0v) is 10.3. The normalized spacial score (nSPS) is 20.4. The Morgan fingerprint density at radius 3 is 3.00 bits per heavy atom. The average molecular weight is 285 g/mol. The quantitative estimate of drug-likeness (QED) is 0.856. The van der Waals surface area contributed by atoms with Gasteiger partial charge in [-0.05, 0) is 35.3 Å². The minimum absolute atomic E-state index is 0.0174. The number of anilines is 1. The summed E-state index contributed by atoms with van der Waals surface area (Å²) in [7, 11) is 0. The number of halogens is 1. The molecule has 1 aliphatic heterocycles. The highest BCUT2D eigenvalue weighted by molar-refractivity contribution is 9.10. The van der Waals surface area contributed by atoms with E-state index in [1.165, 1.54) is 6.20 Å². The molecule has 0 bridgehead atoms. The highest BCUT2D eigenvalue weighted by Gasteiger charge is 2.21. The molecular formula is C10H13BrN4O. The number of nitrogens with zero attached hydrogens (tertiary/aromatic N) is 2. The van der Waals surface area contributed by atoms with Crippen LogP contribution in [0.25, 0.3) is 0 Å². The number of carbonyl (C=O) groups is 1. The van der Waals surface area contributed by atoms with Gasteiger partial charge in [0.15, 0.2) is 5.82 Å². The first-order chi connectivity index (χ1) is 7.75. The summed E-state index contributed by atoms with van der Waals surface area (Å²) in [6, 6.07) is 0. The summed E-state index contributed by atoms with van der Waals surface area (Å²) in [5, 5.41) is 5.97. The minimum Gasteiger partial charge on any atom is -0.316 e. The molecule has 1 aliphatic rings. The molecule has 1 aromatic rings. The van der Waals surface area contributed by atoms with Crippen LogP contribution in [0.3, 0.4) is 0 Å². The molecule has 5 nitrogen and oxygen atoms in total. The number of nitrogens with one attached hydrogen (secondary N) is 2. The number of carbonyl (C=O) groups excluding carboxylic acids is 1. The first kappa shape index (κ1) is 11.5. The number of hydrogen-bond donors (Lipinski definition) is 2. The Balaban J connectivity index is 1.93. The van der Waals surface area contributed by atoms with Crippen molar-refractivity contribution in [1.29, 1.82) is 0 Å². The van der Waals surface area contributed by atoms with Gasteiger partial charge >= 0.3 is 0 Å². The lowest BCUT2D eigenvalue weighted by molar-refractivity contribution is -0.120. The van der Waals surface area contributed by atoms with Crippen LogP contribution in [0.2, 0.25) is 0 Å². The Kier molecular flexibility index (Phi) is 3.84. The van der Waals surface area contributed by atoms with Crippen molar-refractivity contribution in [2.45, 2.75) is 12.8 Å². The van der Waals surface area contributed by atoms with Crippen molar-refractivity contribution in [1.82, 2.24) is 15.3 Å². The summed E-state index contributed by atoms with van der Waals surface area (Å²) < 4.78 is 0.657. The van der Waals surface area contributed by atoms with Crippen LogP contribution in [0.1, 0.15) is 12.8 Å². The van der Waals surface area contributed by atoms with Crippen molar-refractivity contribution in [2.24, 2.45) is 5.92 Å². The van der Waals surface area contributed by atoms with Crippen molar-refractivity contribution in [3.05, 3.63) is 17.0 Å². The summed E-state index contributed by atoms with van der Waals surface area (Å²) in [4.78, 5) is 19.9. The highest BCUT2D eigenvalue weighted by Crippen LogP contribution is 2.13. The maximum atomic E-state index is 11.8. The zero-order chi connectivity index (χ0) is 11.4. The van der Waals surface area contributed by atoms with Gasteiger partial charge in [0.1, 0.15) is 4.60 Å². The van der Waals surface area contributed by atoms with Crippen molar-refractivity contribution >= 4 is 27.7 Å². The lowest BCUT2D eigenvalue weighted by Crippen LogP contribution is -2.37. The summed E-state index contributed by atoms with van der Waals surface area (Å²) in [5.74, 6) is 0.557. The topological polar surface area (TPSA) is 66.9 Å². The van der Waals surface area contributed by atoms with E-state index in [9.17, 15) is 4.79 Å². The largest absolute Gasteiger partial charge is 0.316 e. The molecule has 6 heteroatoms. The number of piperidine rings is 1. The van der Waals surface area contributed by atoms with Gasteiger partial charge in [-0.2, -0.15) is 0 Å². The summed E-state index contributed by atoms with van der Waals surface area (Å²) >= 11 is 3.19. The Morgan fingerprint density at radius 1 is 1.50 bits per heavy atom. The van der Waals surface area contributed by atoms with Crippen LogP contribution >= 0.6 is 15.9 Å². The van der Waals surface area contributed by atoms with Crippen LogP contribution in [0.5, 0.6) is 0 Å². The van der Waals surface area contributed by atoms with E-state index in [0.29, 0.717) is 10.4 Å². The van der Waals surface area contributed by atoms with E-state index in [4.69, 9.17) is 0 Å². The van der Waals surface area contributed by atoms with Gasteiger partial charge < -0.3 is 10.6 Å². The Bertz CT molecular complexity index is 362. The molecule has 1 amide bonds. The van der Waals surface area contributed by atoms with Gasteiger partial charge in [-0.15, -0.1) is 0 Å². The standard InChI is InChI=1S/C10H13BrN4O/c11-8-5-14-9(6-13-8)15-10(16)7-2-1-3-12-4-7/h5-7,12H,1-4H2,(H,14,15,16). The lowest BCUT2D eigenvalue weighted by atomic mass is 9.99. The third-order valence-corrected chi connectivity index (χ3v) is 2.95. The van der Waals surface area contributed by atoms with Crippen LogP contribution in [-0.2, 0) is 4.79 Å². The van der Waals surface area contributed by atoms with Gasteiger partial charge in [-0.3, -0.25) is 4.79 Å². The maximum Gasteiger partial charge on any atom is 0.229 e. The first-order valence-electron chi connectivity index (χ1n) is 5.25. The second kappa shape index (κ2) is 5.36. The monoisotopic (exact) mass is 284 g/mol. The molecule has 1 fully saturated rings. The molecular weight excluding hydrogens is 272 g/mol. The fourth-order valence-corrected chi connectivity index (χ4v) is 1.89. The summed E-state index contributed by atoms with van der Waals surface area (Å²) in [5.41, 5.74) is 0. The van der Waals surface area contributed by atoms with Gasteiger partial charge in [0, 0.05) is 6.54 Å². The van der Waals surface area contributed by atoms with E-state index in [0.717, 1.165) is 25.9 Å². The molecule has 0 saturated carbocycles. The van der Waals surface area contributed by atoms with E-state index in [-0.39, 0.29) is 11.8 Å². The Labute approximate surface area is 102 Å². The lowest BCUT2D eigenvalue weighted by Gasteiger charge is -2.21.